The Bertz CT molecular complexity index is 844. The number of hydrogen-bond donors (Lipinski definition) is 0. The van der Waals surface area contributed by atoms with Crippen molar-refractivity contribution in [2.24, 2.45) is 0 Å². The van der Waals surface area contributed by atoms with E-state index in [9.17, 15) is 44.5 Å². The lowest BCUT2D eigenvalue weighted by Crippen LogP contribution is -2.52. The van der Waals surface area contributed by atoms with Crippen LogP contribution in [-0.2, 0) is 19.6 Å². The molecule has 0 spiro atoms. The summed E-state index contributed by atoms with van der Waals surface area (Å²) in [5.41, 5.74) is -0.689. The standard InChI is InChI=1S/C14H11F5O7S/c1-7(2)10(20)25-9-5-3-8(4-6-9)11(21)26-12(13(15,16)17)14(18,19)27(22,23)24/h3-6,12H,1H2,2H3,(H,22,23,24)/p-1. The molecule has 150 valence electrons. The smallest absolute Gasteiger partial charge is 0.432 e. The zero-order valence-corrected chi connectivity index (χ0v) is 14.1. The summed E-state index contributed by atoms with van der Waals surface area (Å²) in [4.78, 5) is 22.9. The number of alkyl halides is 5. The van der Waals surface area contributed by atoms with Gasteiger partial charge in [-0.3, -0.25) is 0 Å². The van der Waals surface area contributed by atoms with Crippen molar-refractivity contribution in [3.63, 3.8) is 0 Å². The number of benzene rings is 1. The number of carbonyl (C=O) groups is 2. The van der Waals surface area contributed by atoms with Crippen LogP contribution in [0.2, 0.25) is 0 Å². The lowest BCUT2D eigenvalue weighted by atomic mass is 10.2. The van der Waals surface area contributed by atoms with Crippen LogP contribution in [0, 0.1) is 0 Å². The van der Waals surface area contributed by atoms with E-state index in [2.05, 4.69) is 11.3 Å². The first-order valence-electron chi connectivity index (χ1n) is 6.66. The number of hydrogen-bond acceptors (Lipinski definition) is 7. The second kappa shape index (κ2) is 7.60. The molecule has 1 atom stereocenters. The number of rotatable bonds is 6. The third kappa shape index (κ3) is 5.47. The molecule has 0 fully saturated rings. The molecule has 0 radical (unpaired) electrons. The van der Waals surface area contributed by atoms with Crippen LogP contribution in [0.25, 0.3) is 0 Å². The van der Waals surface area contributed by atoms with Crippen LogP contribution in [0.3, 0.4) is 0 Å². The molecule has 0 saturated heterocycles. The fourth-order valence-corrected chi connectivity index (χ4v) is 1.93. The Balaban J connectivity index is 3.07. The average Bonchev–Trinajstić information content (AvgIpc) is 2.50. The molecule has 0 saturated carbocycles. The second-order valence-corrected chi connectivity index (χ2v) is 6.49. The maximum atomic E-state index is 13.3. The van der Waals surface area contributed by atoms with Crippen molar-refractivity contribution >= 4 is 22.1 Å². The highest BCUT2D eigenvalue weighted by atomic mass is 32.2. The molecule has 0 bridgehead atoms. The summed E-state index contributed by atoms with van der Waals surface area (Å²) in [6.45, 7) is 4.62. The summed E-state index contributed by atoms with van der Waals surface area (Å²) in [6.07, 6.45) is -10.6. The minimum Gasteiger partial charge on any atom is -0.743 e. The van der Waals surface area contributed by atoms with Crippen LogP contribution in [0.15, 0.2) is 36.4 Å². The SMILES string of the molecule is C=C(C)C(=O)Oc1ccc(C(=O)OC(C(F)(F)F)C(F)(F)S(=O)(=O)[O-])cc1. The quantitative estimate of drug-likeness (QED) is 0.230. The first kappa shape index (κ1) is 22.5. The molecule has 0 heterocycles. The summed E-state index contributed by atoms with van der Waals surface area (Å²) in [5.74, 6) is -2.99. The van der Waals surface area contributed by atoms with E-state index in [4.69, 9.17) is 4.74 Å². The van der Waals surface area contributed by atoms with Gasteiger partial charge in [-0.25, -0.2) is 18.0 Å². The maximum absolute atomic E-state index is 13.3. The second-order valence-electron chi connectivity index (χ2n) is 5.04. The van der Waals surface area contributed by atoms with Gasteiger partial charge in [0.1, 0.15) is 5.75 Å². The monoisotopic (exact) mass is 417 g/mol. The lowest BCUT2D eigenvalue weighted by molar-refractivity contribution is -0.248. The van der Waals surface area contributed by atoms with Gasteiger partial charge in [0.2, 0.25) is 0 Å². The van der Waals surface area contributed by atoms with Crippen molar-refractivity contribution in [1.82, 2.24) is 0 Å². The third-order valence-electron chi connectivity index (χ3n) is 2.81. The van der Waals surface area contributed by atoms with Crippen LogP contribution >= 0.6 is 0 Å². The Morgan fingerprint density at radius 1 is 1.11 bits per heavy atom. The number of carbonyl (C=O) groups excluding carboxylic acids is 2. The molecule has 0 aromatic heterocycles. The number of ether oxygens (including phenoxy) is 2. The van der Waals surface area contributed by atoms with Gasteiger partial charge < -0.3 is 14.0 Å². The Labute approximate surface area is 149 Å². The van der Waals surface area contributed by atoms with Gasteiger partial charge in [-0.1, -0.05) is 6.58 Å². The summed E-state index contributed by atoms with van der Waals surface area (Å²) >= 11 is 0. The Morgan fingerprint density at radius 3 is 1.96 bits per heavy atom. The van der Waals surface area contributed by atoms with Crippen LogP contribution in [0.1, 0.15) is 17.3 Å². The van der Waals surface area contributed by atoms with Crippen LogP contribution in [-0.4, -0.2) is 42.4 Å². The van der Waals surface area contributed by atoms with Gasteiger partial charge in [0, 0.05) is 5.57 Å². The molecule has 1 unspecified atom stereocenters. The summed E-state index contributed by atoms with van der Waals surface area (Å²) in [7, 11) is -6.79. The highest BCUT2D eigenvalue weighted by Gasteiger charge is 2.63. The topological polar surface area (TPSA) is 110 Å². The van der Waals surface area contributed by atoms with Gasteiger partial charge in [0.25, 0.3) is 6.10 Å². The molecule has 0 aliphatic heterocycles. The Morgan fingerprint density at radius 2 is 1.59 bits per heavy atom. The predicted molar refractivity (Wildman–Crippen MR) is 76.8 cm³/mol. The molecule has 1 aromatic carbocycles. The van der Waals surface area contributed by atoms with Gasteiger partial charge in [-0.15, -0.1) is 0 Å². The molecule has 7 nitrogen and oxygen atoms in total. The number of halogens is 5. The molecular formula is C14H10F5O7S-. The Hall–Kier alpha value is -2.54. The van der Waals surface area contributed by atoms with Crippen molar-refractivity contribution < 1.29 is 54.0 Å². The predicted octanol–water partition coefficient (Wildman–Crippen LogP) is 2.39. The molecule has 0 N–H and O–H groups in total. The van der Waals surface area contributed by atoms with Crippen molar-refractivity contribution in [3.05, 3.63) is 42.0 Å². The van der Waals surface area contributed by atoms with Crippen molar-refractivity contribution in [2.45, 2.75) is 24.5 Å². The highest BCUT2D eigenvalue weighted by Crippen LogP contribution is 2.38. The van der Waals surface area contributed by atoms with Crippen molar-refractivity contribution in [2.75, 3.05) is 0 Å². The van der Waals surface area contributed by atoms with E-state index in [0.29, 0.717) is 0 Å². The molecule has 0 aliphatic carbocycles. The first-order valence-corrected chi connectivity index (χ1v) is 8.07. The normalized spacial score (nSPS) is 13.6. The van der Waals surface area contributed by atoms with E-state index < -0.39 is 45.2 Å². The van der Waals surface area contributed by atoms with Gasteiger partial charge in [-0.2, -0.15) is 22.0 Å². The third-order valence-corrected chi connectivity index (χ3v) is 3.69. The van der Waals surface area contributed by atoms with Gasteiger partial charge in [-0.05, 0) is 31.2 Å². The molecule has 1 aromatic rings. The molecule has 27 heavy (non-hydrogen) atoms. The van der Waals surface area contributed by atoms with Gasteiger partial charge >= 0.3 is 23.4 Å². The minimum absolute atomic E-state index is 0.0209. The summed E-state index contributed by atoms with van der Waals surface area (Å²) in [6, 6.07) is 3.40. The average molecular weight is 417 g/mol. The molecule has 13 heteroatoms. The largest absolute Gasteiger partial charge is 0.743 e. The summed E-state index contributed by atoms with van der Waals surface area (Å²) in [5, 5.41) is -5.95. The molecule has 0 aliphatic rings. The van der Waals surface area contributed by atoms with E-state index >= 15 is 0 Å². The fraction of sp³-hybridized carbons (Fsp3) is 0.286. The van der Waals surface area contributed by atoms with E-state index in [1.807, 2.05) is 0 Å². The highest BCUT2D eigenvalue weighted by molar-refractivity contribution is 7.86. The summed E-state index contributed by atoms with van der Waals surface area (Å²) < 4.78 is 104. The Kier molecular flexibility index (Phi) is 6.33. The first-order chi connectivity index (χ1) is 12.1. The fourth-order valence-electron chi connectivity index (χ4n) is 1.49. The van der Waals surface area contributed by atoms with Crippen molar-refractivity contribution in [3.8, 4) is 5.75 Å². The van der Waals surface area contributed by atoms with E-state index in [1.165, 1.54) is 6.92 Å². The zero-order valence-electron chi connectivity index (χ0n) is 13.2. The lowest BCUT2D eigenvalue weighted by Gasteiger charge is -2.29. The molecule has 0 amide bonds. The maximum Gasteiger partial charge on any atom is 0.432 e. The van der Waals surface area contributed by atoms with E-state index in [-0.39, 0.29) is 11.3 Å². The minimum atomic E-state index is -6.79. The van der Waals surface area contributed by atoms with E-state index in [1.54, 1.807) is 0 Å². The number of esters is 2. The van der Waals surface area contributed by atoms with Crippen LogP contribution in [0.5, 0.6) is 5.75 Å². The van der Waals surface area contributed by atoms with Crippen LogP contribution < -0.4 is 4.74 Å². The van der Waals surface area contributed by atoms with Crippen LogP contribution in [0.4, 0.5) is 22.0 Å². The van der Waals surface area contributed by atoms with Gasteiger partial charge in [0.15, 0.2) is 10.1 Å². The molecule has 1 rings (SSSR count). The molecular weight excluding hydrogens is 407 g/mol. The van der Waals surface area contributed by atoms with Crippen molar-refractivity contribution in [1.29, 1.82) is 0 Å². The van der Waals surface area contributed by atoms with Gasteiger partial charge in [0.05, 0.1) is 5.56 Å². The zero-order chi connectivity index (χ0) is 21.2. The van der Waals surface area contributed by atoms with E-state index in [0.717, 1.165) is 24.3 Å².